The van der Waals surface area contributed by atoms with Gasteiger partial charge in [0.2, 0.25) is 17.7 Å². The largest absolute Gasteiger partial charge is 0.565 e. The summed E-state index contributed by atoms with van der Waals surface area (Å²) < 4.78 is 82.7. The van der Waals surface area contributed by atoms with Crippen molar-refractivity contribution >= 4 is 90.5 Å². The average molecular weight is 1920 g/mol. The third kappa shape index (κ3) is 36.0. The van der Waals surface area contributed by atoms with E-state index in [0.29, 0.717) is 84.5 Å². The lowest BCUT2D eigenvalue weighted by molar-refractivity contribution is -0.160. The second-order valence-electron chi connectivity index (χ2n) is 38.5. The maximum Gasteiger partial charge on any atom is 0.518 e. The van der Waals surface area contributed by atoms with Crippen molar-refractivity contribution in [2.24, 2.45) is 5.73 Å². The first-order valence-corrected chi connectivity index (χ1v) is 45.0. The molecule has 0 unspecified atom stereocenters. The molecule has 6 aliphatic rings. The second-order valence-corrected chi connectivity index (χ2v) is 38.5. The molecule has 5 amide bonds. The molecule has 0 spiro atoms. The van der Waals surface area contributed by atoms with Crippen molar-refractivity contribution in [2.75, 3.05) is 58.9 Å². The highest BCUT2D eigenvalue weighted by molar-refractivity contribution is 5.89. The van der Waals surface area contributed by atoms with Crippen LogP contribution >= 0.6 is 24.8 Å². The highest BCUT2D eigenvalue weighted by Crippen LogP contribution is 2.39. The van der Waals surface area contributed by atoms with Gasteiger partial charge in [-0.1, -0.05) is 126 Å². The van der Waals surface area contributed by atoms with Gasteiger partial charge in [0.1, 0.15) is 84.1 Å². The number of halogens is 5. The van der Waals surface area contributed by atoms with E-state index in [0.717, 1.165) is 52.9 Å². The number of phenols is 1. The summed E-state index contributed by atoms with van der Waals surface area (Å²) in [5.74, 6) is -5.27. The number of nitrogens with two attached hydrogens (primary N) is 1. The lowest BCUT2D eigenvalue weighted by atomic mass is 9.87. The summed E-state index contributed by atoms with van der Waals surface area (Å²) in [7, 11) is 0. The number of aromatic hydroxyl groups is 1. The number of aliphatic carboxylic acids is 1. The van der Waals surface area contributed by atoms with Crippen LogP contribution in [-0.2, 0) is 81.7 Å². The molecule has 6 aromatic rings. The molecule has 135 heavy (non-hydrogen) atoms. The van der Waals surface area contributed by atoms with Gasteiger partial charge in [-0.15, -0.1) is 37.6 Å². The summed E-state index contributed by atoms with van der Waals surface area (Å²) in [5.41, 5.74) is 11.6. The SMILES string of the molecule is CC(C)(C)OC(=O)N[C@@H](CC(=O)[OH2+])C(=O)OC(C)(C)C.Cc1ccc(CN2CC[C@@H](N3CC[C@@H](c4ccc(O)cc4)[C@H](F)C3)C2=O)cc1.Cc1ccc(CN2CC[C@@H](N3CC[C@@H](c4ccc(OC(=O)C[C@H](N)C(=O)O)cc4)[C@H](F)C3)C2=O)cc1.Cc1ccc(CN2CC[C@@H](N3CC[C@@H](c4ccc(OC(=O)C[C@H](NC(=O)OC(C)(C)C)C(=O)OC(C)(C)C)cc4)[C@H](F)C3)C2=O)cc1.Cl.Cl.[2H]C#C. The van der Waals surface area contributed by atoms with Crippen LogP contribution in [-0.4, -0.2) is 247 Å². The number of aryl methyl sites for hydroxylation is 3. The Balaban J connectivity index is 0.000000286. The normalized spacial score (nSPS) is 21.1. The Bertz CT molecular complexity index is 5000. The van der Waals surface area contributed by atoms with Crippen LogP contribution in [0.3, 0.4) is 0 Å². The molecule has 12 rings (SSSR count). The number of terminal acetylenes is 1. The molecule has 0 aliphatic carbocycles. The van der Waals surface area contributed by atoms with E-state index in [1.165, 1.54) is 23.1 Å². The summed E-state index contributed by atoms with van der Waals surface area (Å²) in [6.07, 6.45) is 3.35. The van der Waals surface area contributed by atoms with Crippen LogP contribution in [0.4, 0.5) is 22.8 Å². The summed E-state index contributed by atoms with van der Waals surface area (Å²) in [6, 6.07) is 39.9. The molecule has 12 atom stereocenters. The van der Waals surface area contributed by atoms with Gasteiger partial charge >= 0.3 is 48.0 Å². The number of likely N-dealkylation sites (tertiary alicyclic amines) is 6. The van der Waals surface area contributed by atoms with E-state index in [4.69, 9.17) is 45.7 Å². The molecule has 0 bridgehead atoms. The van der Waals surface area contributed by atoms with Gasteiger partial charge in [0, 0.05) is 81.5 Å². The lowest BCUT2D eigenvalue weighted by Gasteiger charge is -2.37. The number of carboxylic acids is 1. The van der Waals surface area contributed by atoms with E-state index in [9.17, 15) is 62.2 Å². The molecule has 0 radical (unpaired) electrons. The van der Waals surface area contributed by atoms with E-state index in [2.05, 4.69) is 48.2 Å². The predicted octanol–water partition coefficient (Wildman–Crippen LogP) is 13.7. The molecule has 6 heterocycles. The third-order valence-electron chi connectivity index (χ3n) is 23.0. The Labute approximate surface area is 803 Å². The number of amides is 5. The highest BCUT2D eigenvalue weighted by atomic mass is 35.5. The van der Waals surface area contributed by atoms with E-state index in [1.807, 2.05) is 91.8 Å². The smallest absolute Gasteiger partial charge is 0.518 e. The summed E-state index contributed by atoms with van der Waals surface area (Å²) in [6.45, 7) is 32.6. The van der Waals surface area contributed by atoms with Crippen molar-refractivity contribution in [3.05, 3.63) is 196 Å². The molecule has 34 heteroatoms. The topological polar surface area (TPSA) is 376 Å². The van der Waals surface area contributed by atoms with Gasteiger partial charge in [0.15, 0.2) is 0 Å². The Morgan fingerprint density at radius 3 is 0.985 bits per heavy atom. The van der Waals surface area contributed by atoms with Crippen LogP contribution in [0.2, 0.25) is 0 Å². The average Bonchev–Trinajstić information content (AvgIpc) is 1.60. The quantitative estimate of drug-likeness (QED) is 0.0117. The van der Waals surface area contributed by atoms with E-state index >= 15 is 8.78 Å². The third-order valence-corrected chi connectivity index (χ3v) is 23.0. The molecular formula is C101H135Cl2F3N9O20+. The lowest BCUT2D eigenvalue weighted by Crippen LogP contribution is -2.49. The molecule has 6 aliphatic heterocycles. The second kappa shape index (κ2) is 51.0. The van der Waals surface area contributed by atoms with Crippen molar-refractivity contribution in [1.29, 1.82) is 0 Å². The zero-order chi connectivity index (χ0) is 98.9. The number of rotatable bonds is 25. The van der Waals surface area contributed by atoms with Crippen molar-refractivity contribution in [3.8, 4) is 30.1 Å². The number of carbonyl (C=O) groups excluding carboxylic acids is 10. The van der Waals surface area contributed by atoms with Crippen LogP contribution in [0.5, 0.6) is 17.2 Å². The maximum atomic E-state index is 15.6. The first-order valence-electron chi connectivity index (χ1n) is 45.5. The Morgan fingerprint density at radius 1 is 0.444 bits per heavy atom. The zero-order valence-electron chi connectivity index (χ0n) is 80.8. The van der Waals surface area contributed by atoms with Crippen molar-refractivity contribution < 1.29 is 111 Å². The van der Waals surface area contributed by atoms with Crippen LogP contribution in [0.15, 0.2) is 146 Å². The van der Waals surface area contributed by atoms with E-state index < -0.39 is 126 Å². The fourth-order valence-electron chi connectivity index (χ4n) is 16.4. The van der Waals surface area contributed by atoms with Gasteiger partial charge in [-0.2, -0.15) is 0 Å². The predicted molar refractivity (Wildman–Crippen MR) is 509 cm³/mol. The number of hydrogen-bond donors (Lipinski definition) is 5. The number of esters is 4. The number of hydrogen-bond acceptors (Lipinski definition) is 22. The number of nitrogens with one attached hydrogen (secondary N) is 2. The fourth-order valence-corrected chi connectivity index (χ4v) is 16.4. The Hall–Kier alpha value is -11.3. The number of phenolic OH excluding ortho intramolecular Hbond substituents is 1. The number of nitrogens with zero attached hydrogens (tertiary/aromatic N) is 6. The number of carbonyl (C=O) groups is 11. The molecule has 29 nitrogen and oxygen atoms in total. The summed E-state index contributed by atoms with van der Waals surface area (Å²) in [5, 5.41) is 29.8. The fraction of sp³-hybridized carbons (Fsp3) is 0.515. The first-order chi connectivity index (χ1) is 62.9. The van der Waals surface area contributed by atoms with Crippen LogP contribution in [0.1, 0.15) is 210 Å². The molecule has 0 saturated carbocycles. The molecule has 6 saturated heterocycles. The van der Waals surface area contributed by atoms with Gasteiger partial charge in [-0.3, -0.25) is 43.5 Å². The van der Waals surface area contributed by atoms with Gasteiger partial charge in [0.25, 0.3) is 0 Å². The number of piperidine rings is 3. The van der Waals surface area contributed by atoms with Crippen LogP contribution in [0, 0.1) is 33.6 Å². The molecule has 6 aromatic carbocycles. The maximum absolute atomic E-state index is 15.6. The summed E-state index contributed by atoms with van der Waals surface area (Å²) >= 11 is 0. The van der Waals surface area contributed by atoms with E-state index in [-0.39, 0.29) is 109 Å². The van der Waals surface area contributed by atoms with Gasteiger partial charge < -0.3 is 74.8 Å². The van der Waals surface area contributed by atoms with Crippen molar-refractivity contribution in [2.45, 2.75) is 276 Å². The molecule has 738 valence electrons. The van der Waals surface area contributed by atoms with Crippen molar-refractivity contribution in [1.82, 2.24) is 40.0 Å². The Morgan fingerprint density at radius 2 is 0.719 bits per heavy atom. The van der Waals surface area contributed by atoms with Crippen LogP contribution < -0.4 is 25.8 Å². The minimum absolute atomic E-state index is 0. The summed E-state index contributed by atoms with van der Waals surface area (Å²) in [4.78, 5) is 146. The molecule has 0 aromatic heterocycles. The minimum atomic E-state index is -1.32. The molecular weight excluding hydrogens is 1790 g/mol. The Kier molecular flexibility index (Phi) is 41.8. The number of carboxylic acid groups (broad SMARTS) is 1. The minimum Gasteiger partial charge on any atom is -0.565 e. The number of alkyl halides is 3. The van der Waals surface area contributed by atoms with Gasteiger partial charge in [-0.05, 0) is 232 Å². The number of alkyl carbamates (subject to hydrolysis) is 2. The van der Waals surface area contributed by atoms with E-state index in [1.54, 1.807) is 156 Å². The first kappa shape index (κ1) is 111. The van der Waals surface area contributed by atoms with Gasteiger partial charge in [-0.25, -0.2) is 32.3 Å². The van der Waals surface area contributed by atoms with Crippen LogP contribution in [0.25, 0.3) is 0 Å². The number of ether oxygens (including phenoxy) is 6. The van der Waals surface area contributed by atoms with Gasteiger partial charge in [0.05, 0.1) is 31.0 Å². The number of benzene rings is 6. The highest BCUT2D eigenvalue weighted by Gasteiger charge is 2.45. The molecule has 6 fully saturated rings. The monoisotopic (exact) mass is 1920 g/mol. The molecule has 8 N–H and O–H groups in total. The standard InChI is InChI=1S/C36H48FN3O7.C27H32FN3O5.C23H27FN2O2.C13H23NO6.C2H2.2ClH/c1-23-8-10-24(11-9-23)21-40-19-17-30(32(40)42)39-18-16-27(28(37)22-39)25-12-14-26(15-13-25)45-31(41)20-29(33(43)46-35(2,3)4)38-34(44)47-36(5,6)7;1-17-2-4-18(5-3-17)15-31-13-11-24(26(31)33)30-12-10-21(22(28)16-30)19-6-8-20(9-7-19)36-25(32)14-23(29)27(34)35;1-16-2-4-17(5-3-16)14-26-13-11-22(23(26)28)25-12-10-20(21(24)15-25)18-6-8-19(27)9-7-18;1-12(2,3)19-10(17)8(7-9(15)16)14-11(18)20-13(4,5)6;1-2;;/h8-15,27-30H,16-22H2,1-7H3,(H,38,44);2-9,21-24H,10-16,29H2,1H3,(H,34,35);2-9,20-22,27H,10-15H2,1H3;8H,7H2,1-6H3,(H,14,18)(H,15,16);1-2H;2*1H/p+1/t27-,28+,29-,30+;21-,22+,23-,24+;20-,21+,22+;8-;;;/m0000.../s1/i;;;;1D;;. The van der Waals surface area contributed by atoms with Crippen molar-refractivity contribution in [3.63, 3.8) is 0 Å². The zero-order valence-corrected chi connectivity index (χ0v) is 81.4.